The zero-order chi connectivity index (χ0) is 16.9. The molecule has 1 aliphatic carbocycles. The zero-order valence-corrected chi connectivity index (χ0v) is 14.5. The number of amides is 1. The van der Waals surface area contributed by atoms with E-state index in [0.29, 0.717) is 11.7 Å². The molecule has 0 fully saturated rings. The minimum absolute atomic E-state index is 0.0564. The van der Waals surface area contributed by atoms with Crippen LogP contribution in [0.1, 0.15) is 36.6 Å². The summed E-state index contributed by atoms with van der Waals surface area (Å²) in [5.41, 5.74) is 2.71. The average molecular weight is 343 g/mol. The number of aromatic amines is 1. The maximum atomic E-state index is 12.2. The summed E-state index contributed by atoms with van der Waals surface area (Å²) in [5, 5.41) is 3.13. The molecule has 1 aromatic heterocycles. The topological polar surface area (TPSA) is 74.8 Å². The van der Waals surface area contributed by atoms with Crippen LogP contribution in [0.15, 0.2) is 40.3 Å². The smallest absolute Gasteiger partial charge is 0.254 e. The van der Waals surface area contributed by atoms with Crippen LogP contribution >= 0.6 is 11.8 Å². The van der Waals surface area contributed by atoms with E-state index in [1.54, 1.807) is 0 Å². The second-order valence-corrected chi connectivity index (χ2v) is 7.30. The van der Waals surface area contributed by atoms with Crippen molar-refractivity contribution < 1.29 is 4.79 Å². The molecule has 3 rings (SSSR count). The molecule has 0 saturated carbocycles. The van der Waals surface area contributed by atoms with Gasteiger partial charge in [0.05, 0.1) is 10.9 Å². The molecule has 126 valence electrons. The number of hydrogen-bond donors (Lipinski definition) is 2. The highest BCUT2D eigenvalue weighted by atomic mass is 32.2. The lowest BCUT2D eigenvalue weighted by molar-refractivity contribution is -0.120. The van der Waals surface area contributed by atoms with E-state index in [2.05, 4.69) is 15.3 Å². The van der Waals surface area contributed by atoms with Gasteiger partial charge in [-0.05, 0) is 38.2 Å². The van der Waals surface area contributed by atoms with E-state index in [9.17, 15) is 9.59 Å². The quantitative estimate of drug-likeness (QED) is 0.646. The van der Waals surface area contributed by atoms with Crippen LogP contribution in [-0.4, -0.2) is 21.1 Å². The highest BCUT2D eigenvalue weighted by Gasteiger charge is 2.19. The number of fused-ring (bicyclic) bond motifs is 1. The first kappa shape index (κ1) is 16.8. The summed E-state index contributed by atoms with van der Waals surface area (Å²) in [4.78, 5) is 31.7. The SMILES string of the molecule is C[C@H](Sc1nc2c(c(=O)[nH]1)CCCC2)C(=O)NCc1ccccc1. The van der Waals surface area contributed by atoms with Crippen molar-refractivity contribution in [3.05, 3.63) is 57.5 Å². The number of H-pyrrole nitrogens is 1. The molecule has 0 spiro atoms. The number of rotatable bonds is 5. The Labute approximate surface area is 145 Å². The van der Waals surface area contributed by atoms with Gasteiger partial charge in [-0.25, -0.2) is 4.98 Å². The summed E-state index contributed by atoms with van der Waals surface area (Å²) in [7, 11) is 0. The minimum atomic E-state index is -0.321. The highest BCUT2D eigenvalue weighted by Crippen LogP contribution is 2.22. The summed E-state index contributed by atoms with van der Waals surface area (Å²) in [6.07, 6.45) is 3.76. The number of aromatic nitrogens is 2. The number of carbonyl (C=O) groups excluding carboxylic acids is 1. The molecule has 6 heteroatoms. The van der Waals surface area contributed by atoms with Crippen molar-refractivity contribution in [2.24, 2.45) is 0 Å². The Kier molecular flexibility index (Phi) is 5.35. The monoisotopic (exact) mass is 343 g/mol. The number of aryl methyl sites for hydroxylation is 1. The molecule has 0 saturated heterocycles. The lowest BCUT2D eigenvalue weighted by Gasteiger charge is -2.16. The van der Waals surface area contributed by atoms with Crippen LogP contribution in [-0.2, 0) is 24.2 Å². The van der Waals surface area contributed by atoms with Crippen molar-refractivity contribution in [2.45, 2.75) is 49.6 Å². The Balaban J connectivity index is 1.62. The van der Waals surface area contributed by atoms with Crippen LogP contribution in [0.3, 0.4) is 0 Å². The second kappa shape index (κ2) is 7.66. The van der Waals surface area contributed by atoms with Gasteiger partial charge in [-0.2, -0.15) is 0 Å². The fourth-order valence-corrected chi connectivity index (χ4v) is 3.63. The fraction of sp³-hybridized carbons (Fsp3) is 0.389. The third-order valence-electron chi connectivity index (χ3n) is 4.14. The molecule has 1 amide bonds. The third kappa shape index (κ3) is 4.06. The molecular formula is C18H21N3O2S. The second-order valence-electron chi connectivity index (χ2n) is 5.97. The van der Waals surface area contributed by atoms with E-state index in [-0.39, 0.29) is 16.7 Å². The van der Waals surface area contributed by atoms with Crippen molar-refractivity contribution in [3.63, 3.8) is 0 Å². The summed E-state index contributed by atoms with van der Waals surface area (Å²) >= 11 is 1.30. The zero-order valence-electron chi connectivity index (χ0n) is 13.7. The normalized spacial score (nSPS) is 14.7. The number of hydrogen-bond acceptors (Lipinski definition) is 4. The summed E-state index contributed by atoms with van der Waals surface area (Å²) in [5.74, 6) is -0.0655. The number of nitrogens with one attached hydrogen (secondary N) is 2. The summed E-state index contributed by atoms with van der Waals surface area (Å²) in [6, 6.07) is 9.78. The van der Waals surface area contributed by atoms with Crippen LogP contribution in [0, 0.1) is 0 Å². The van der Waals surface area contributed by atoms with Gasteiger partial charge in [0.1, 0.15) is 0 Å². The molecule has 2 N–H and O–H groups in total. The Morgan fingerprint density at radius 3 is 2.83 bits per heavy atom. The van der Waals surface area contributed by atoms with E-state index in [0.717, 1.165) is 42.5 Å². The maximum Gasteiger partial charge on any atom is 0.254 e. The van der Waals surface area contributed by atoms with Gasteiger partial charge in [0.15, 0.2) is 5.16 Å². The van der Waals surface area contributed by atoms with Gasteiger partial charge in [0.2, 0.25) is 5.91 Å². The number of nitrogens with zero attached hydrogens (tertiary/aromatic N) is 1. The van der Waals surface area contributed by atoms with Crippen LogP contribution in [0.4, 0.5) is 0 Å². The Morgan fingerprint density at radius 2 is 2.04 bits per heavy atom. The fourth-order valence-electron chi connectivity index (χ4n) is 2.79. The first-order valence-electron chi connectivity index (χ1n) is 8.24. The molecule has 0 bridgehead atoms. The predicted octanol–water partition coefficient (Wildman–Crippen LogP) is 2.45. The molecule has 1 heterocycles. The molecule has 1 aliphatic rings. The van der Waals surface area contributed by atoms with Gasteiger partial charge in [0, 0.05) is 12.1 Å². The highest BCUT2D eigenvalue weighted by molar-refractivity contribution is 8.00. The number of thioether (sulfide) groups is 1. The van der Waals surface area contributed by atoms with E-state index in [4.69, 9.17) is 0 Å². The van der Waals surface area contributed by atoms with Gasteiger partial charge in [-0.1, -0.05) is 42.1 Å². The molecule has 5 nitrogen and oxygen atoms in total. The average Bonchev–Trinajstić information content (AvgIpc) is 2.60. The van der Waals surface area contributed by atoms with E-state index >= 15 is 0 Å². The van der Waals surface area contributed by atoms with Gasteiger partial charge < -0.3 is 10.3 Å². The third-order valence-corrected chi connectivity index (χ3v) is 5.12. The van der Waals surface area contributed by atoms with E-state index in [1.165, 1.54) is 11.8 Å². The maximum absolute atomic E-state index is 12.2. The van der Waals surface area contributed by atoms with Crippen LogP contribution in [0.2, 0.25) is 0 Å². The standard InChI is InChI=1S/C18H21N3O2S/c1-12(16(22)19-11-13-7-3-2-4-8-13)24-18-20-15-10-6-5-9-14(15)17(23)21-18/h2-4,7-8,12H,5-6,9-11H2,1H3,(H,19,22)(H,20,21,23)/t12-/m0/s1. The molecular weight excluding hydrogens is 322 g/mol. The summed E-state index contributed by atoms with van der Waals surface area (Å²) < 4.78 is 0. The molecule has 0 aliphatic heterocycles. The molecule has 0 radical (unpaired) electrons. The number of benzene rings is 1. The van der Waals surface area contributed by atoms with Gasteiger partial charge >= 0.3 is 0 Å². The van der Waals surface area contributed by atoms with Crippen molar-refractivity contribution in [2.75, 3.05) is 0 Å². The minimum Gasteiger partial charge on any atom is -0.351 e. The van der Waals surface area contributed by atoms with Crippen molar-refractivity contribution in [1.29, 1.82) is 0 Å². The summed E-state index contributed by atoms with van der Waals surface area (Å²) in [6.45, 7) is 2.32. The lowest BCUT2D eigenvalue weighted by Crippen LogP contribution is -2.31. The first-order chi connectivity index (χ1) is 11.6. The largest absolute Gasteiger partial charge is 0.351 e. The predicted molar refractivity (Wildman–Crippen MR) is 95.1 cm³/mol. The molecule has 1 aromatic carbocycles. The van der Waals surface area contributed by atoms with Crippen LogP contribution < -0.4 is 10.9 Å². The van der Waals surface area contributed by atoms with Crippen molar-refractivity contribution >= 4 is 17.7 Å². The lowest BCUT2D eigenvalue weighted by atomic mass is 9.97. The van der Waals surface area contributed by atoms with Gasteiger partial charge in [-0.15, -0.1) is 0 Å². The van der Waals surface area contributed by atoms with Crippen molar-refractivity contribution in [1.82, 2.24) is 15.3 Å². The molecule has 0 unspecified atom stereocenters. The Morgan fingerprint density at radius 1 is 1.29 bits per heavy atom. The van der Waals surface area contributed by atoms with E-state index < -0.39 is 0 Å². The van der Waals surface area contributed by atoms with Crippen LogP contribution in [0.5, 0.6) is 0 Å². The Bertz CT molecular complexity index is 774. The van der Waals surface area contributed by atoms with E-state index in [1.807, 2.05) is 37.3 Å². The number of carbonyl (C=O) groups is 1. The van der Waals surface area contributed by atoms with Gasteiger partial charge in [0.25, 0.3) is 5.56 Å². The van der Waals surface area contributed by atoms with Gasteiger partial charge in [-0.3, -0.25) is 9.59 Å². The molecule has 1 atom stereocenters. The first-order valence-corrected chi connectivity index (χ1v) is 9.12. The van der Waals surface area contributed by atoms with Crippen molar-refractivity contribution in [3.8, 4) is 0 Å². The molecule has 2 aromatic rings. The Hall–Kier alpha value is -2.08. The van der Waals surface area contributed by atoms with Crippen LogP contribution in [0.25, 0.3) is 0 Å². The molecule has 24 heavy (non-hydrogen) atoms.